The van der Waals surface area contributed by atoms with E-state index in [-0.39, 0.29) is 6.42 Å². The van der Waals surface area contributed by atoms with Crippen molar-refractivity contribution < 1.29 is 28.7 Å². The molecule has 1 saturated heterocycles. The number of hydrogen-bond acceptors (Lipinski definition) is 6. The van der Waals surface area contributed by atoms with Gasteiger partial charge >= 0.3 is 18.0 Å². The maximum absolute atomic E-state index is 12.3. The Balaban J connectivity index is 2.43. The van der Waals surface area contributed by atoms with Gasteiger partial charge in [-0.1, -0.05) is 30.3 Å². The number of carbonyl (C=O) groups excluding carboxylic acids is 4. The van der Waals surface area contributed by atoms with E-state index in [1.165, 1.54) is 14.0 Å². The van der Waals surface area contributed by atoms with E-state index in [0.717, 1.165) is 17.6 Å². The van der Waals surface area contributed by atoms with Crippen LogP contribution < -0.4 is 5.32 Å². The summed E-state index contributed by atoms with van der Waals surface area (Å²) in [4.78, 5) is 49.9. The van der Waals surface area contributed by atoms with Crippen LogP contribution in [-0.4, -0.2) is 55.1 Å². The molecule has 25 heavy (non-hydrogen) atoms. The number of nitrogens with one attached hydrogen (secondary N) is 1. The third-order valence-corrected chi connectivity index (χ3v) is 4.07. The van der Waals surface area contributed by atoms with E-state index in [1.54, 1.807) is 24.3 Å². The minimum atomic E-state index is -1.41. The van der Waals surface area contributed by atoms with Crippen molar-refractivity contribution in [3.05, 3.63) is 35.9 Å². The Labute approximate surface area is 145 Å². The number of nitrogens with zero attached hydrogens (tertiary/aromatic N) is 1. The van der Waals surface area contributed by atoms with E-state index in [1.807, 2.05) is 6.07 Å². The summed E-state index contributed by atoms with van der Waals surface area (Å²) in [5, 5.41) is 2.43. The van der Waals surface area contributed by atoms with E-state index in [4.69, 9.17) is 9.47 Å². The zero-order valence-electron chi connectivity index (χ0n) is 14.2. The first kappa shape index (κ1) is 18.4. The van der Waals surface area contributed by atoms with Crippen LogP contribution in [0.1, 0.15) is 12.5 Å². The quantitative estimate of drug-likeness (QED) is 0.593. The van der Waals surface area contributed by atoms with Crippen LogP contribution in [-0.2, 0) is 30.3 Å². The standard InChI is InChI=1S/C17H20N2O6/c1-10-14(20)19(17(23)18-10)13(16(22)25-3)12(15(21)24-2)9-11-7-5-4-6-8-11/h4-8,10,12-13H,9H2,1-3H3,(H,18,23)/t10-,12-,13+/m0/s1. The summed E-state index contributed by atoms with van der Waals surface area (Å²) in [6.07, 6.45) is 0.110. The molecule has 1 aliphatic heterocycles. The molecule has 0 radical (unpaired) electrons. The SMILES string of the molecule is COC(=O)[C@@H](Cc1ccccc1)[C@H](C(=O)OC)N1C(=O)N[C@@H](C)C1=O. The van der Waals surface area contributed by atoms with Gasteiger partial charge in [0, 0.05) is 0 Å². The van der Waals surface area contributed by atoms with Crippen LogP contribution in [0.5, 0.6) is 0 Å². The number of hydrogen-bond donors (Lipinski definition) is 1. The molecule has 0 spiro atoms. The molecule has 1 aliphatic rings. The molecule has 1 fully saturated rings. The Morgan fingerprint density at radius 3 is 2.20 bits per heavy atom. The van der Waals surface area contributed by atoms with Gasteiger partial charge in [0.25, 0.3) is 5.91 Å². The monoisotopic (exact) mass is 348 g/mol. The summed E-state index contributed by atoms with van der Waals surface area (Å²) >= 11 is 0. The lowest BCUT2D eigenvalue weighted by Crippen LogP contribution is -2.53. The van der Waals surface area contributed by atoms with Gasteiger partial charge in [0.2, 0.25) is 0 Å². The Bertz CT molecular complexity index is 675. The lowest BCUT2D eigenvalue weighted by atomic mass is 9.91. The number of benzene rings is 1. The van der Waals surface area contributed by atoms with Crippen LogP contribution in [0.4, 0.5) is 4.79 Å². The van der Waals surface area contributed by atoms with Crippen LogP contribution in [0, 0.1) is 5.92 Å². The van der Waals surface area contributed by atoms with Crippen molar-refractivity contribution in [2.45, 2.75) is 25.4 Å². The van der Waals surface area contributed by atoms with Crippen molar-refractivity contribution in [3.8, 4) is 0 Å². The van der Waals surface area contributed by atoms with Crippen molar-refractivity contribution in [2.24, 2.45) is 5.92 Å². The fourth-order valence-electron chi connectivity index (χ4n) is 2.80. The highest BCUT2D eigenvalue weighted by atomic mass is 16.5. The summed E-state index contributed by atoms with van der Waals surface area (Å²) in [6, 6.07) is 6.00. The topological polar surface area (TPSA) is 102 Å². The smallest absolute Gasteiger partial charge is 0.330 e. The first-order valence-corrected chi connectivity index (χ1v) is 7.73. The number of methoxy groups -OCH3 is 2. The largest absolute Gasteiger partial charge is 0.469 e. The summed E-state index contributed by atoms with van der Waals surface area (Å²) in [5.41, 5.74) is 0.756. The molecule has 8 heteroatoms. The van der Waals surface area contributed by atoms with Crippen molar-refractivity contribution in [1.82, 2.24) is 10.2 Å². The molecule has 8 nitrogen and oxygen atoms in total. The number of urea groups is 1. The summed E-state index contributed by atoms with van der Waals surface area (Å²) in [6.45, 7) is 1.50. The van der Waals surface area contributed by atoms with Crippen molar-refractivity contribution >= 4 is 23.9 Å². The molecule has 3 amide bonds. The molecule has 0 unspecified atom stereocenters. The number of rotatable bonds is 6. The van der Waals surface area contributed by atoms with Gasteiger partial charge in [-0.2, -0.15) is 0 Å². The summed E-state index contributed by atoms with van der Waals surface area (Å²) in [7, 11) is 2.32. The Hall–Kier alpha value is -2.90. The molecular weight excluding hydrogens is 328 g/mol. The number of amides is 3. The van der Waals surface area contributed by atoms with E-state index in [9.17, 15) is 19.2 Å². The van der Waals surface area contributed by atoms with Gasteiger partial charge in [-0.05, 0) is 18.9 Å². The maximum Gasteiger partial charge on any atom is 0.330 e. The third kappa shape index (κ3) is 3.78. The van der Waals surface area contributed by atoms with Crippen molar-refractivity contribution in [1.29, 1.82) is 0 Å². The minimum absolute atomic E-state index is 0.110. The van der Waals surface area contributed by atoms with Gasteiger partial charge < -0.3 is 14.8 Å². The number of ether oxygens (including phenoxy) is 2. The van der Waals surface area contributed by atoms with Gasteiger partial charge in [-0.25, -0.2) is 14.5 Å². The van der Waals surface area contributed by atoms with Crippen LogP contribution >= 0.6 is 0 Å². The molecule has 1 heterocycles. The first-order valence-electron chi connectivity index (χ1n) is 7.73. The second-order valence-electron chi connectivity index (χ2n) is 5.67. The molecular formula is C17H20N2O6. The number of esters is 2. The van der Waals surface area contributed by atoms with E-state index in [0.29, 0.717) is 0 Å². The molecule has 1 aromatic rings. The molecule has 0 bridgehead atoms. The predicted octanol–water partition coefficient (Wildman–Crippen LogP) is 0.500. The van der Waals surface area contributed by atoms with Crippen LogP contribution in [0.3, 0.4) is 0 Å². The molecule has 0 aliphatic carbocycles. The third-order valence-electron chi connectivity index (χ3n) is 4.07. The fourth-order valence-corrected chi connectivity index (χ4v) is 2.80. The summed E-state index contributed by atoms with van der Waals surface area (Å²) in [5.74, 6) is -3.24. The molecule has 0 saturated carbocycles. The average molecular weight is 348 g/mol. The van der Waals surface area contributed by atoms with E-state index in [2.05, 4.69) is 5.32 Å². The lowest BCUT2D eigenvalue weighted by Gasteiger charge is -2.29. The van der Waals surface area contributed by atoms with Gasteiger partial charge in [0.15, 0.2) is 6.04 Å². The first-order chi connectivity index (χ1) is 11.9. The Morgan fingerprint density at radius 1 is 1.12 bits per heavy atom. The Morgan fingerprint density at radius 2 is 1.72 bits per heavy atom. The second kappa shape index (κ2) is 7.78. The fraction of sp³-hybridized carbons (Fsp3) is 0.412. The highest BCUT2D eigenvalue weighted by molar-refractivity contribution is 6.07. The van der Waals surface area contributed by atoms with Gasteiger partial charge in [-0.15, -0.1) is 0 Å². The van der Waals surface area contributed by atoms with Gasteiger partial charge in [0.1, 0.15) is 6.04 Å². The molecule has 0 aromatic heterocycles. The van der Waals surface area contributed by atoms with Crippen LogP contribution in [0.2, 0.25) is 0 Å². The molecule has 134 valence electrons. The maximum atomic E-state index is 12.3. The van der Waals surface area contributed by atoms with Gasteiger partial charge in [-0.3, -0.25) is 9.59 Å². The molecule has 1 aromatic carbocycles. The van der Waals surface area contributed by atoms with Crippen molar-refractivity contribution in [3.63, 3.8) is 0 Å². The normalized spacial score (nSPS) is 19.2. The number of carbonyl (C=O) groups is 4. The molecule has 2 rings (SSSR count). The highest BCUT2D eigenvalue weighted by Gasteiger charge is 2.49. The predicted molar refractivity (Wildman–Crippen MR) is 86.3 cm³/mol. The second-order valence-corrected chi connectivity index (χ2v) is 5.67. The van der Waals surface area contributed by atoms with Crippen LogP contribution in [0.25, 0.3) is 0 Å². The Kier molecular flexibility index (Phi) is 5.74. The highest BCUT2D eigenvalue weighted by Crippen LogP contribution is 2.23. The zero-order chi connectivity index (χ0) is 18.6. The van der Waals surface area contributed by atoms with Gasteiger partial charge in [0.05, 0.1) is 20.1 Å². The minimum Gasteiger partial charge on any atom is -0.469 e. The lowest BCUT2D eigenvalue weighted by molar-refractivity contribution is -0.160. The number of imide groups is 1. The molecule has 1 N–H and O–H groups in total. The zero-order valence-corrected chi connectivity index (χ0v) is 14.2. The van der Waals surface area contributed by atoms with Crippen molar-refractivity contribution in [2.75, 3.05) is 14.2 Å². The average Bonchev–Trinajstić information content (AvgIpc) is 2.87. The summed E-state index contributed by atoms with van der Waals surface area (Å²) < 4.78 is 9.55. The van der Waals surface area contributed by atoms with E-state index >= 15 is 0 Å². The van der Waals surface area contributed by atoms with E-state index < -0.39 is 41.9 Å². The van der Waals surface area contributed by atoms with Crippen LogP contribution in [0.15, 0.2) is 30.3 Å². The molecule has 3 atom stereocenters.